The molecular weight excluding hydrogens is 266 g/mol. The Morgan fingerprint density at radius 1 is 0.636 bits per heavy atom. The minimum absolute atomic E-state index is 1.18. The zero-order valence-corrected chi connectivity index (χ0v) is 15.2. The summed E-state index contributed by atoms with van der Waals surface area (Å²) in [5.74, 6) is 0. The van der Waals surface area contributed by atoms with Gasteiger partial charge in [-0.1, -0.05) is 71.6 Å². The van der Waals surface area contributed by atoms with Crippen LogP contribution in [0.25, 0.3) is 0 Å². The summed E-state index contributed by atoms with van der Waals surface area (Å²) in [5.41, 5.74) is 1.51. The van der Waals surface area contributed by atoms with Crippen molar-refractivity contribution in [1.29, 1.82) is 0 Å². The normalized spacial score (nSPS) is 11.0. The standard InChI is InChI=1S/C21H38N/c1-3-5-7-9-10-11-13-15-21-16-19-22(20-17-21)18-14-12-8-6-4-2/h16-17,19-20H,3-15,18H2,1-2H3/q+1. The zero-order chi connectivity index (χ0) is 15.9. The maximum absolute atomic E-state index is 2.35. The molecule has 0 fully saturated rings. The van der Waals surface area contributed by atoms with Gasteiger partial charge in [0.05, 0.1) is 0 Å². The average Bonchev–Trinajstić information content (AvgIpc) is 2.55. The smallest absolute Gasteiger partial charge is 0.169 e. The zero-order valence-electron chi connectivity index (χ0n) is 15.2. The van der Waals surface area contributed by atoms with Crippen LogP contribution in [0.4, 0.5) is 0 Å². The Labute approximate surface area is 139 Å². The van der Waals surface area contributed by atoms with E-state index in [9.17, 15) is 0 Å². The molecule has 0 spiro atoms. The molecule has 1 rings (SSSR count). The molecule has 0 atom stereocenters. The van der Waals surface area contributed by atoms with E-state index in [1.54, 1.807) is 0 Å². The molecule has 1 heteroatoms. The molecular formula is C21H38N+. The van der Waals surface area contributed by atoms with Gasteiger partial charge in [-0.15, -0.1) is 0 Å². The highest BCUT2D eigenvalue weighted by Crippen LogP contribution is 2.10. The second-order valence-corrected chi connectivity index (χ2v) is 6.73. The molecule has 1 aromatic rings. The Hall–Kier alpha value is -0.850. The number of unbranched alkanes of at least 4 members (excludes halogenated alkanes) is 10. The molecule has 0 aliphatic heterocycles. The molecule has 1 heterocycles. The first-order valence-electron chi connectivity index (χ1n) is 9.84. The second kappa shape index (κ2) is 13.8. The quantitative estimate of drug-likeness (QED) is 0.283. The molecule has 0 saturated carbocycles. The summed E-state index contributed by atoms with van der Waals surface area (Å²) in [6, 6.07) is 4.65. The van der Waals surface area contributed by atoms with Gasteiger partial charge in [0.15, 0.2) is 12.4 Å². The lowest BCUT2D eigenvalue weighted by molar-refractivity contribution is -0.697. The van der Waals surface area contributed by atoms with Gasteiger partial charge in [-0.05, 0) is 24.8 Å². The Bertz CT molecular complexity index is 341. The Morgan fingerprint density at radius 3 is 1.73 bits per heavy atom. The van der Waals surface area contributed by atoms with Crippen LogP contribution in [-0.2, 0) is 13.0 Å². The number of pyridine rings is 1. The lowest BCUT2D eigenvalue weighted by atomic mass is 10.1. The van der Waals surface area contributed by atoms with E-state index in [1.807, 2.05) is 0 Å². The molecule has 1 aromatic heterocycles. The van der Waals surface area contributed by atoms with Crippen LogP contribution in [-0.4, -0.2) is 0 Å². The minimum Gasteiger partial charge on any atom is -0.205 e. The third-order valence-electron chi connectivity index (χ3n) is 4.55. The number of aromatic nitrogens is 1. The van der Waals surface area contributed by atoms with Gasteiger partial charge < -0.3 is 0 Å². The van der Waals surface area contributed by atoms with Gasteiger partial charge >= 0.3 is 0 Å². The van der Waals surface area contributed by atoms with Crippen molar-refractivity contribution in [2.75, 3.05) is 0 Å². The first kappa shape index (κ1) is 19.2. The lowest BCUT2D eigenvalue weighted by Gasteiger charge is -2.02. The van der Waals surface area contributed by atoms with Gasteiger partial charge in [0.25, 0.3) is 0 Å². The molecule has 0 bridgehead atoms. The van der Waals surface area contributed by atoms with Crippen molar-refractivity contribution in [3.63, 3.8) is 0 Å². The molecule has 0 amide bonds. The highest BCUT2D eigenvalue weighted by atomic mass is 14.9. The SMILES string of the molecule is CCCCCCCCCc1cc[n+](CCCCCCC)cc1. The monoisotopic (exact) mass is 304 g/mol. The van der Waals surface area contributed by atoms with Gasteiger partial charge in [-0.2, -0.15) is 0 Å². The minimum atomic E-state index is 1.18. The van der Waals surface area contributed by atoms with Gasteiger partial charge in [0.2, 0.25) is 0 Å². The topological polar surface area (TPSA) is 3.88 Å². The molecule has 0 aromatic carbocycles. The van der Waals surface area contributed by atoms with E-state index < -0.39 is 0 Å². The van der Waals surface area contributed by atoms with Gasteiger partial charge in [-0.25, -0.2) is 4.57 Å². The summed E-state index contributed by atoms with van der Waals surface area (Å²) in [7, 11) is 0. The third kappa shape index (κ3) is 9.97. The van der Waals surface area contributed by atoms with E-state index in [0.29, 0.717) is 0 Å². The molecule has 0 aliphatic carbocycles. The van der Waals surface area contributed by atoms with Crippen LogP contribution in [0.2, 0.25) is 0 Å². The predicted molar refractivity (Wildman–Crippen MR) is 97.1 cm³/mol. The first-order valence-corrected chi connectivity index (χ1v) is 9.84. The van der Waals surface area contributed by atoms with Crippen molar-refractivity contribution >= 4 is 0 Å². The maximum atomic E-state index is 2.35. The van der Waals surface area contributed by atoms with Crippen LogP contribution in [0.5, 0.6) is 0 Å². The van der Waals surface area contributed by atoms with Crippen LogP contribution in [0.1, 0.15) is 96.5 Å². The lowest BCUT2D eigenvalue weighted by Crippen LogP contribution is -2.32. The van der Waals surface area contributed by atoms with E-state index >= 15 is 0 Å². The van der Waals surface area contributed by atoms with Gasteiger partial charge in [0, 0.05) is 18.6 Å². The second-order valence-electron chi connectivity index (χ2n) is 6.73. The fourth-order valence-corrected chi connectivity index (χ4v) is 2.99. The van der Waals surface area contributed by atoms with Crippen molar-refractivity contribution in [3.05, 3.63) is 30.1 Å². The Kier molecular flexibility index (Phi) is 12.0. The van der Waals surface area contributed by atoms with E-state index in [4.69, 9.17) is 0 Å². The number of hydrogen-bond donors (Lipinski definition) is 0. The molecule has 1 nitrogen and oxygen atoms in total. The van der Waals surface area contributed by atoms with Crippen molar-refractivity contribution in [2.24, 2.45) is 0 Å². The Morgan fingerprint density at radius 2 is 1.14 bits per heavy atom. The summed E-state index contributed by atoms with van der Waals surface area (Å²) >= 11 is 0. The number of nitrogens with zero attached hydrogens (tertiary/aromatic N) is 1. The van der Waals surface area contributed by atoms with Crippen LogP contribution in [0.15, 0.2) is 24.5 Å². The van der Waals surface area contributed by atoms with Crippen molar-refractivity contribution in [1.82, 2.24) is 0 Å². The summed E-state index contributed by atoms with van der Waals surface area (Å²) in [5, 5.41) is 0. The van der Waals surface area contributed by atoms with Gasteiger partial charge in [-0.3, -0.25) is 0 Å². The van der Waals surface area contributed by atoms with E-state index in [-0.39, 0.29) is 0 Å². The highest BCUT2D eigenvalue weighted by Gasteiger charge is 2.01. The van der Waals surface area contributed by atoms with Crippen molar-refractivity contribution in [3.8, 4) is 0 Å². The maximum Gasteiger partial charge on any atom is 0.169 e. The molecule has 0 radical (unpaired) electrons. The molecule has 0 unspecified atom stereocenters. The summed E-state index contributed by atoms with van der Waals surface area (Å²) in [6.45, 7) is 5.74. The van der Waals surface area contributed by atoms with Crippen LogP contribution in [0, 0.1) is 0 Å². The predicted octanol–water partition coefficient (Wildman–Crippen LogP) is 6.24. The third-order valence-corrected chi connectivity index (χ3v) is 4.55. The van der Waals surface area contributed by atoms with E-state index in [1.165, 1.54) is 95.6 Å². The largest absolute Gasteiger partial charge is 0.205 e. The molecule has 0 saturated heterocycles. The molecule has 22 heavy (non-hydrogen) atoms. The first-order chi connectivity index (χ1) is 10.9. The average molecular weight is 305 g/mol. The fraction of sp³-hybridized carbons (Fsp3) is 0.762. The summed E-state index contributed by atoms with van der Waals surface area (Å²) in [6.07, 6.45) is 22.4. The number of rotatable bonds is 14. The molecule has 0 aliphatic rings. The number of aryl methyl sites for hydroxylation is 2. The molecule has 126 valence electrons. The Balaban J connectivity index is 2.06. The van der Waals surface area contributed by atoms with E-state index in [2.05, 4.69) is 42.9 Å². The summed E-state index contributed by atoms with van der Waals surface area (Å²) < 4.78 is 2.35. The molecule has 0 N–H and O–H groups in total. The highest BCUT2D eigenvalue weighted by molar-refractivity contribution is 5.07. The fourth-order valence-electron chi connectivity index (χ4n) is 2.99. The van der Waals surface area contributed by atoms with Crippen LogP contribution < -0.4 is 4.57 Å². The summed E-state index contributed by atoms with van der Waals surface area (Å²) in [4.78, 5) is 0. The van der Waals surface area contributed by atoms with Crippen molar-refractivity contribution in [2.45, 2.75) is 104 Å². The van der Waals surface area contributed by atoms with Crippen molar-refractivity contribution < 1.29 is 4.57 Å². The van der Waals surface area contributed by atoms with Crippen LogP contribution >= 0.6 is 0 Å². The van der Waals surface area contributed by atoms with Crippen LogP contribution in [0.3, 0.4) is 0 Å². The van der Waals surface area contributed by atoms with E-state index in [0.717, 1.165) is 0 Å². The number of hydrogen-bond acceptors (Lipinski definition) is 0. The van der Waals surface area contributed by atoms with Gasteiger partial charge in [0.1, 0.15) is 6.54 Å².